The Morgan fingerprint density at radius 2 is 1.96 bits per heavy atom. The lowest BCUT2D eigenvalue weighted by Crippen LogP contribution is -2.23. The summed E-state index contributed by atoms with van der Waals surface area (Å²) in [5.74, 6) is 0.371. The summed E-state index contributed by atoms with van der Waals surface area (Å²) in [6.07, 6.45) is 0.903. The number of para-hydroxylation sites is 1. The topological polar surface area (TPSA) is 51.2 Å². The van der Waals surface area contributed by atoms with E-state index in [0.29, 0.717) is 29.5 Å². The molecule has 1 aromatic heterocycles. The highest BCUT2D eigenvalue weighted by Gasteiger charge is 2.12. The van der Waals surface area contributed by atoms with Crippen LogP contribution in [0, 0.1) is 0 Å². The Bertz CT molecular complexity index is 878. The Morgan fingerprint density at radius 3 is 2.69 bits per heavy atom. The van der Waals surface area contributed by atoms with E-state index in [-0.39, 0.29) is 5.91 Å². The molecule has 0 aliphatic rings. The highest BCUT2D eigenvalue weighted by atomic mass is 35.5. The average molecular weight is 387 g/mol. The molecule has 0 spiro atoms. The van der Waals surface area contributed by atoms with Crippen LogP contribution in [0.2, 0.25) is 5.02 Å². The number of halogens is 1. The summed E-state index contributed by atoms with van der Waals surface area (Å²) in [4.78, 5) is 17.0. The van der Waals surface area contributed by atoms with Crippen LogP contribution in [0.1, 0.15) is 33.5 Å². The first-order valence-electron chi connectivity index (χ1n) is 8.33. The average Bonchev–Trinajstić information content (AvgIpc) is 3.14. The first kappa shape index (κ1) is 18.4. The van der Waals surface area contributed by atoms with Crippen molar-refractivity contribution >= 4 is 28.8 Å². The van der Waals surface area contributed by atoms with Gasteiger partial charge in [-0.2, -0.15) is 0 Å². The number of hydrogen-bond donors (Lipinski definition) is 1. The second-order valence-electron chi connectivity index (χ2n) is 5.68. The molecule has 0 bridgehead atoms. The number of hydrogen-bond acceptors (Lipinski definition) is 4. The minimum Gasteiger partial charge on any atom is -0.488 e. The minimum absolute atomic E-state index is 0.178. The molecule has 0 aliphatic heterocycles. The van der Waals surface area contributed by atoms with Gasteiger partial charge < -0.3 is 10.1 Å². The quantitative estimate of drug-likeness (QED) is 0.630. The number of thiazole rings is 1. The maximum absolute atomic E-state index is 12.5. The van der Waals surface area contributed by atoms with E-state index in [9.17, 15) is 4.79 Å². The van der Waals surface area contributed by atoms with Crippen molar-refractivity contribution in [1.82, 2.24) is 10.3 Å². The molecule has 1 heterocycles. The number of amides is 1. The van der Waals surface area contributed by atoms with Crippen molar-refractivity contribution in [3.63, 3.8) is 0 Å². The number of carbonyl (C=O) groups is 1. The molecular formula is C20H19ClN2O2S. The minimum atomic E-state index is -0.178. The van der Waals surface area contributed by atoms with Crippen molar-refractivity contribution in [1.29, 1.82) is 0 Å². The Labute approximate surface area is 161 Å². The van der Waals surface area contributed by atoms with Crippen molar-refractivity contribution in [3.05, 3.63) is 80.8 Å². The van der Waals surface area contributed by atoms with Gasteiger partial charge >= 0.3 is 0 Å². The van der Waals surface area contributed by atoms with Gasteiger partial charge in [-0.25, -0.2) is 4.98 Å². The molecule has 1 N–H and O–H groups in total. The second-order valence-corrected chi connectivity index (χ2v) is 7.06. The third-order valence-electron chi connectivity index (χ3n) is 3.77. The fraction of sp³-hybridized carbons (Fsp3) is 0.200. The number of benzene rings is 2. The van der Waals surface area contributed by atoms with Crippen LogP contribution in [0.4, 0.5) is 0 Å². The van der Waals surface area contributed by atoms with Crippen LogP contribution in [-0.4, -0.2) is 10.9 Å². The van der Waals surface area contributed by atoms with Gasteiger partial charge in [-0.1, -0.05) is 42.8 Å². The van der Waals surface area contributed by atoms with Crippen LogP contribution >= 0.6 is 22.9 Å². The van der Waals surface area contributed by atoms with E-state index < -0.39 is 0 Å². The zero-order valence-corrected chi connectivity index (χ0v) is 15.9. The Balaban J connectivity index is 1.63. The maximum atomic E-state index is 12.5. The summed E-state index contributed by atoms with van der Waals surface area (Å²) in [6, 6.07) is 14.7. The van der Waals surface area contributed by atoms with Crippen molar-refractivity contribution in [2.24, 2.45) is 0 Å². The molecule has 6 heteroatoms. The third kappa shape index (κ3) is 4.84. The molecular weight excluding hydrogens is 368 g/mol. The molecule has 2 aromatic carbocycles. The van der Waals surface area contributed by atoms with Gasteiger partial charge in [0.1, 0.15) is 12.4 Å². The zero-order chi connectivity index (χ0) is 18.4. The molecule has 4 nitrogen and oxygen atoms in total. The molecule has 0 fully saturated rings. The van der Waals surface area contributed by atoms with Gasteiger partial charge in [0.15, 0.2) is 0 Å². The summed E-state index contributed by atoms with van der Waals surface area (Å²) >= 11 is 7.50. The van der Waals surface area contributed by atoms with Crippen LogP contribution in [0.3, 0.4) is 0 Å². The van der Waals surface area contributed by atoms with Gasteiger partial charge in [0.2, 0.25) is 0 Å². The number of rotatable bonds is 7. The van der Waals surface area contributed by atoms with E-state index in [4.69, 9.17) is 16.3 Å². The van der Waals surface area contributed by atoms with Crippen molar-refractivity contribution in [2.45, 2.75) is 26.5 Å². The van der Waals surface area contributed by atoms with Crippen LogP contribution in [-0.2, 0) is 19.6 Å². The Morgan fingerprint density at radius 1 is 1.19 bits per heavy atom. The molecule has 0 unspecified atom stereocenters. The smallest absolute Gasteiger partial charge is 0.255 e. The summed E-state index contributed by atoms with van der Waals surface area (Å²) < 4.78 is 5.84. The number of aryl methyl sites for hydroxylation is 1. The number of aromatic nitrogens is 1. The van der Waals surface area contributed by atoms with E-state index in [1.165, 1.54) is 0 Å². The molecule has 26 heavy (non-hydrogen) atoms. The Kier molecular flexibility index (Phi) is 6.26. The second kappa shape index (κ2) is 8.83. The van der Waals surface area contributed by atoms with Gasteiger partial charge in [0.05, 0.1) is 22.8 Å². The standard InChI is InChI=1S/C20H19ClN2O2S/c1-2-19-23-16(13-26-19)11-22-20(24)17-5-3-4-6-18(17)25-12-14-7-9-15(21)10-8-14/h3-10,13H,2,11-12H2,1H3,(H,22,24). The van der Waals surface area contributed by atoms with Crippen LogP contribution in [0.25, 0.3) is 0 Å². The van der Waals surface area contributed by atoms with Gasteiger partial charge in [-0.3, -0.25) is 4.79 Å². The summed E-state index contributed by atoms with van der Waals surface area (Å²) in [5, 5.41) is 6.63. The van der Waals surface area contributed by atoms with E-state index in [2.05, 4.69) is 17.2 Å². The van der Waals surface area contributed by atoms with Gasteiger partial charge in [0, 0.05) is 10.4 Å². The van der Waals surface area contributed by atoms with Crippen molar-refractivity contribution in [3.8, 4) is 5.75 Å². The van der Waals surface area contributed by atoms with Gasteiger partial charge in [-0.05, 0) is 36.2 Å². The normalized spacial score (nSPS) is 10.5. The largest absolute Gasteiger partial charge is 0.488 e. The van der Waals surface area contributed by atoms with Crippen LogP contribution < -0.4 is 10.1 Å². The predicted molar refractivity (Wildman–Crippen MR) is 105 cm³/mol. The van der Waals surface area contributed by atoms with E-state index in [1.54, 1.807) is 23.5 Å². The van der Waals surface area contributed by atoms with Gasteiger partial charge in [-0.15, -0.1) is 11.3 Å². The number of nitrogens with zero attached hydrogens (tertiary/aromatic N) is 1. The van der Waals surface area contributed by atoms with E-state index in [0.717, 1.165) is 22.7 Å². The number of nitrogens with one attached hydrogen (secondary N) is 1. The summed E-state index contributed by atoms with van der Waals surface area (Å²) in [7, 11) is 0. The molecule has 3 aromatic rings. The van der Waals surface area contributed by atoms with E-state index >= 15 is 0 Å². The molecule has 1 amide bonds. The SMILES string of the molecule is CCc1nc(CNC(=O)c2ccccc2OCc2ccc(Cl)cc2)cs1. The summed E-state index contributed by atoms with van der Waals surface area (Å²) in [6.45, 7) is 2.84. The molecule has 0 saturated carbocycles. The van der Waals surface area contributed by atoms with Crippen LogP contribution in [0.15, 0.2) is 53.9 Å². The van der Waals surface area contributed by atoms with Crippen molar-refractivity contribution < 1.29 is 9.53 Å². The molecule has 134 valence electrons. The van der Waals surface area contributed by atoms with Crippen molar-refractivity contribution in [2.75, 3.05) is 0 Å². The Hall–Kier alpha value is -2.37. The zero-order valence-electron chi connectivity index (χ0n) is 14.4. The fourth-order valence-electron chi connectivity index (χ4n) is 2.38. The highest BCUT2D eigenvalue weighted by molar-refractivity contribution is 7.09. The predicted octanol–water partition coefficient (Wildman–Crippen LogP) is 4.87. The molecule has 3 rings (SSSR count). The highest BCUT2D eigenvalue weighted by Crippen LogP contribution is 2.20. The lowest BCUT2D eigenvalue weighted by molar-refractivity contribution is 0.0946. The lowest BCUT2D eigenvalue weighted by Gasteiger charge is -2.11. The fourth-order valence-corrected chi connectivity index (χ4v) is 3.25. The lowest BCUT2D eigenvalue weighted by atomic mass is 10.2. The van der Waals surface area contributed by atoms with Crippen LogP contribution in [0.5, 0.6) is 5.75 Å². The third-order valence-corrected chi connectivity index (χ3v) is 5.07. The molecule has 0 aliphatic carbocycles. The molecule has 0 atom stereocenters. The maximum Gasteiger partial charge on any atom is 0.255 e. The molecule has 0 radical (unpaired) electrons. The summed E-state index contributed by atoms with van der Waals surface area (Å²) in [5.41, 5.74) is 2.37. The first-order chi connectivity index (χ1) is 12.7. The monoisotopic (exact) mass is 386 g/mol. The van der Waals surface area contributed by atoms with E-state index in [1.807, 2.05) is 41.8 Å². The molecule has 0 saturated heterocycles. The number of ether oxygens (including phenoxy) is 1. The first-order valence-corrected chi connectivity index (χ1v) is 9.59. The van der Waals surface area contributed by atoms with Gasteiger partial charge in [0.25, 0.3) is 5.91 Å². The number of carbonyl (C=O) groups excluding carboxylic acids is 1.